The molecule has 0 atom stereocenters. The van der Waals surface area contributed by atoms with E-state index in [9.17, 15) is 14.4 Å². The summed E-state index contributed by atoms with van der Waals surface area (Å²) in [5, 5.41) is 0. The summed E-state index contributed by atoms with van der Waals surface area (Å²) < 4.78 is 12.0. The van der Waals surface area contributed by atoms with Crippen LogP contribution in [0.1, 0.15) is 67.2 Å². The van der Waals surface area contributed by atoms with E-state index in [-0.39, 0.29) is 30.8 Å². The van der Waals surface area contributed by atoms with Crippen LogP contribution >= 0.6 is 0 Å². The molecule has 0 fully saturated rings. The Bertz CT molecular complexity index is 608. The van der Waals surface area contributed by atoms with Crippen LogP contribution in [0.15, 0.2) is 18.7 Å². The SMILES string of the molecule is CC(C)(C)OC(=O)CCCN(CCCC(=O)OC(C)(C)C)C(=O)n1ccnc1. The van der Waals surface area contributed by atoms with Crippen LogP contribution in [0, 0.1) is 0 Å². The van der Waals surface area contributed by atoms with Crippen molar-refractivity contribution in [2.75, 3.05) is 13.1 Å². The Morgan fingerprint density at radius 1 is 0.893 bits per heavy atom. The summed E-state index contributed by atoms with van der Waals surface area (Å²) in [6, 6.07) is -0.245. The Morgan fingerprint density at radius 2 is 1.36 bits per heavy atom. The van der Waals surface area contributed by atoms with Crippen LogP contribution in [-0.2, 0) is 19.1 Å². The lowest BCUT2D eigenvalue weighted by Gasteiger charge is -2.24. The van der Waals surface area contributed by atoms with E-state index in [1.54, 1.807) is 11.1 Å². The second-order valence-electron chi connectivity index (χ2n) is 8.62. The quantitative estimate of drug-likeness (QED) is 0.627. The molecule has 158 valence electrons. The lowest BCUT2D eigenvalue weighted by Crippen LogP contribution is -2.36. The van der Waals surface area contributed by atoms with E-state index in [2.05, 4.69) is 4.98 Å². The van der Waals surface area contributed by atoms with Gasteiger partial charge in [0.1, 0.15) is 17.5 Å². The number of hydrogen-bond acceptors (Lipinski definition) is 6. The summed E-state index contributed by atoms with van der Waals surface area (Å²) in [4.78, 5) is 41.9. The zero-order valence-electron chi connectivity index (χ0n) is 17.9. The molecule has 0 radical (unpaired) electrons. The fourth-order valence-corrected chi connectivity index (χ4v) is 2.45. The molecular formula is C20H33N3O5. The smallest absolute Gasteiger partial charge is 0.329 e. The minimum Gasteiger partial charge on any atom is -0.460 e. The van der Waals surface area contributed by atoms with Crippen LogP contribution in [0.5, 0.6) is 0 Å². The van der Waals surface area contributed by atoms with Crippen molar-refractivity contribution in [2.24, 2.45) is 0 Å². The van der Waals surface area contributed by atoms with Gasteiger partial charge < -0.3 is 14.4 Å². The van der Waals surface area contributed by atoms with Gasteiger partial charge in [-0.05, 0) is 54.4 Å². The number of carbonyl (C=O) groups is 3. The van der Waals surface area contributed by atoms with Gasteiger partial charge in [-0.15, -0.1) is 0 Å². The fraction of sp³-hybridized carbons (Fsp3) is 0.700. The van der Waals surface area contributed by atoms with Crippen LogP contribution in [0.2, 0.25) is 0 Å². The van der Waals surface area contributed by atoms with Crippen molar-refractivity contribution in [3.63, 3.8) is 0 Å². The normalized spacial score (nSPS) is 11.8. The molecule has 1 heterocycles. The maximum absolute atomic E-state index is 12.6. The van der Waals surface area contributed by atoms with Crippen molar-refractivity contribution in [3.8, 4) is 0 Å². The third-order valence-corrected chi connectivity index (χ3v) is 3.45. The molecule has 1 rings (SSSR count). The van der Waals surface area contributed by atoms with E-state index in [4.69, 9.17) is 9.47 Å². The van der Waals surface area contributed by atoms with Gasteiger partial charge in [0.15, 0.2) is 0 Å². The minimum absolute atomic E-state index is 0.219. The van der Waals surface area contributed by atoms with E-state index in [0.717, 1.165) is 0 Å². The number of imidazole rings is 1. The number of hydrogen-bond donors (Lipinski definition) is 0. The summed E-state index contributed by atoms with van der Waals surface area (Å²) in [5.41, 5.74) is -1.06. The van der Waals surface area contributed by atoms with Crippen LogP contribution in [0.25, 0.3) is 0 Å². The van der Waals surface area contributed by atoms with Crippen LogP contribution in [-0.4, -0.2) is 56.7 Å². The number of amides is 1. The van der Waals surface area contributed by atoms with E-state index in [0.29, 0.717) is 25.9 Å². The number of esters is 2. The first-order valence-electron chi connectivity index (χ1n) is 9.58. The molecule has 0 bridgehead atoms. The van der Waals surface area contributed by atoms with Crippen molar-refractivity contribution in [3.05, 3.63) is 18.7 Å². The Morgan fingerprint density at radius 3 is 1.71 bits per heavy atom. The molecule has 0 spiro atoms. The molecule has 0 saturated carbocycles. The van der Waals surface area contributed by atoms with Gasteiger partial charge in [-0.1, -0.05) is 0 Å². The zero-order chi connectivity index (χ0) is 21.4. The molecule has 0 aliphatic carbocycles. The van der Waals surface area contributed by atoms with Crippen LogP contribution in [0.3, 0.4) is 0 Å². The van der Waals surface area contributed by atoms with E-state index in [1.165, 1.54) is 17.1 Å². The Hall–Kier alpha value is -2.38. The highest BCUT2D eigenvalue weighted by atomic mass is 16.6. The first-order chi connectivity index (χ1) is 12.9. The van der Waals surface area contributed by atoms with Gasteiger partial charge in [0.25, 0.3) is 0 Å². The topological polar surface area (TPSA) is 90.7 Å². The van der Waals surface area contributed by atoms with Crippen molar-refractivity contribution in [1.29, 1.82) is 0 Å². The molecule has 0 N–H and O–H groups in total. The second-order valence-corrected chi connectivity index (χ2v) is 8.62. The standard InChI is InChI=1S/C20H33N3O5/c1-19(2,3)27-16(24)9-7-12-22(18(26)23-14-11-21-15-23)13-8-10-17(25)28-20(4,5)6/h11,14-15H,7-10,12-13H2,1-6H3. The molecule has 0 aromatic carbocycles. The largest absolute Gasteiger partial charge is 0.460 e. The summed E-state index contributed by atoms with van der Waals surface area (Å²) in [5.74, 6) is -0.590. The Balaban J connectivity index is 2.56. The third-order valence-electron chi connectivity index (χ3n) is 3.45. The predicted octanol–water partition coefficient (Wildman–Crippen LogP) is 3.40. The second kappa shape index (κ2) is 10.2. The molecule has 0 aliphatic rings. The molecular weight excluding hydrogens is 362 g/mol. The number of ether oxygens (including phenoxy) is 2. The Labute approximate surface area is 167 Å². The van der Waals surface area contributed by atoms with E-state index in [1.807, 2.05) is 41.5 Å². The van der Waals surface area contributed by atoms with Crippen molar-refractivity contribution >= 4 is 18.0 Å². The summed E-state index contributed by atoms with van der Waals surface area (Å²) in [6.45, 7) is 11.7. The number of carbonyl (C=O) groups excluding carboxylic acids is 3. The van der Waals surface area contributed by atoms with Crippen molar-refractivity contribution in [2.45, 2.75) is 78.4 Å². The third kappa shape index (κ3) is 10.1. The summed E-state index contributed by atoms with van der Waals surface area (Å²) in [6.07, 6.45) is 5.91. The maximum Gasteiger partial charge on any atom is 0.329 e. The van der Waals surface area contributed by atoms with Gasteiger partial charge in [-0.2, -0.15) is 0 Å². The lowest BCUT2D eigenvalue weighted by molar-refractivity contribution is -0.155. The molecule has 0 saturated heterocycles. The van der Waals surface area contributed by atoms with Crippen molar-refractivity contribution in [1.82, 2.24) is 14.5 Å². The maximum atomic E-state index is 12.6. The van der Waals surface area contributed by atoms with Gasteiger partial charge in [-0.3, -0.25) is 14.2 Å². The predicted molar refractivity (Wildman–Crippen MR) is 105 cm³/mol. The van der Waals surface area contributed by atoms with Crippen LogP contribution in [0.4, 0.5) is 4.79 Å². The molecule has 1 amide bonds. The minimum atomic E-state index is -0.531. The van der Waals surface area contributed by atoms with Crippen LogP contribution < -0.4 is 0 Å². The molecule has 8 nitrogen and oxygen atoms in total. The first-order valence-corrected chi connectivity index (χ1v) is 9.58. The van der Waals surface area contributed by atoms with Gasteiger partial charge >= 0.3 is 18.0 Å². The Kier molecular flexibility index (Phi) is 8.65. The average molecular weight is 396 g/mol. The molecule has 1 aromatic heterocycles. The highest BCUT2D eigenvalue weighted by Gasteiger charge is 2.20. The molecule has 0 aliphatic heterocycles. The molecule has 1 aromatic rings. The number of aromatic nitrogens is 2. The zero-order valence-corrected chi connectivity index (χ0v) is 17.9. The summed E-state index contributed by atoms with van der Waals surface area (Å²) >= 11 is 0. The molecule has 8 heteroatoms. The van der Waals surface area contributed by atoms with E-state index < -0.39 is 11.2 Å². The van der Waals surface area contributed by atoms with Gasteiger partial charge in [0.05, 0.1) is 0 Å². The lowest BCUT2D eigenvalue weighted by atomic mass is 10.2. The van der Waals surface area contributed by atoms with Gasteiger partial charge in [0, 0.05) is 38.3 Å². The average Bonchev–Trinajstić information content (AvgIpc) is 3.03. The monoisotopic (exact) mass is 395 g/mol. The highest BCUT2D eigenvalue weighted by molar-refractivity contribution is 5.77. The molecule has 28 heavy (non-hydrogen) atoms. The molecule has 0 unspecified atom stereocenters. The fourth-order valence-electron chi connectivity index (χ4n) is 2.45. The first kappa shape index (κ1) is 23.7. The number of nitrogens with zero attached hydrogens (tertiary/aromatic N) is 3. The number of rotatable bonds is 8. The van der Waals surface area contributed by atoms with Gasteiger partial charge in [0.2, 0.25) is 0 Å². The van der Waals surface area contributed by atoms with E-state index >= 15 is 0 Å². The van der Waals surface area contributed by atoms with Gasteiger partial charge in [-0.25, -0.2) is 9.78 Å². The highest BCUT2D eigenvalue weighted by Crippen LogP contribution is 2.12. The van der Waals surface area contributed by atoms with Crippen molar-refractivity contribution < 1.29 is 23.9 Å². The summed E-state index contributed by atoms with van der Waals surface area (Å²) in [7, 11) is 0.